The van der Waals surface area contributed by atoms with Crippen LogP contribution in [-0.4, -0.2) is 25.4 Å². The zero-order valence-corrected chi connectivity index (χ0v) is 11.2. The van der Waals surface area contributed by atoms with Crippen molar-refractivity contribution in [3.05, 3.63) is 48.5 Å². The van der Waals surface area contributed by atoms with Gasteiger partial charge in [-0.2, -0.15) is 0 Å². The van der Waals surface area contributed by atoms with Crippen LogP contribution in [0.25, 0.3) is 0 Å². The summed E-state index contributed by atoms with van der Waals surface area (Å²) < 4.78 is 26.0. The van der Waals surface area contributed by atoms with E-state index in [1.165, 1.54) is 13.4 Å². The quantitative estimate of drug-likeness (QED) is 0.852. The lowest BCUT2D eigenvalue weighted by molar-refractivity contribution is 0.588. The highest BCUT2D eigenvalue weighted by molar-refractivity contribution is 7.89. The Kier molecular flexibility index (Phi) is 4.08. The van der Waals surface area contributed by atoms with Gasteiger partial charge in [-0.05, 0) is 25.2 Å². The third-order valence-electron chi connectivity index (χ3n) is 2.55. The van der Waals surface area contributed by atoms with E-state index >= 15 is 0 Å². The summed E-state index contributed by atoms with van der Waals surface area (Å²) in [5.74, 6) is 0. The third-order valence-corrected chi connectivity index (χ3v) is 4.02. The van der Waals surface area contributed by atoms with Crippen LogP contribution in [0.5, 0.6) is 0 Å². The molecular formula is C12H14N4O2S. The molecule has 7 heteroatoms. The lowest BCUT2D eigenvalue weighted by Gasteiger charge is -2.11. The SMILES string of the molecule is CNS(=O)(=O)c1ccccc1NCc1ccncn1. The number of hydrogen-bond donors (Lipinski definition) is 2. The molecule has 0 radical (unpaired) electrons. The summed E-state index contributed by atoms with van der Waals surface area (Å²) in [6, 6.07) is 8.48. The first kappa shape index (κ1) is 13.4. The highest BCUT2D eigenvalue weighted by Crippen LogP contribution is 2.20. The lowest BCUT2D eigenvalue weighted by Crippen LogP contribution is -2.20. The Labute approximate surface area is 112 Å². The molecule has 0 aliphatic heterocycles. The van der Waals surface area contributed by atoms with E-state index in [1.807, 2.05) is 0 Å². The smallest absolute Gasteiger partial charge is 0.242 e. The van der Waals surface area contributed by atoms with Crippen LogP contribution in [-0.2, 0) is 16.6 Å². The first-order chi connectivity index (χ1) is 9.13. The second-order valence-electron chi connectivity index (χ2n) is 3.76. The molecule has 0 bridgehead atoms. The number of rotatable bonds is 5. The predicted molar refractivity (Wildman–Crippen MR) is 72.0 cm³/mol. The number of benzene rings is 1. The number of aromatic nitrogens is 2. The highest BCUT2D eigenvalue weighted by Gasteiger charge is 2.15. The molecule has 0 aliphatic carbocycles. The summed E-state index contributed by atoms with van der Waals surface area (Å²) >= 11 is 0. The second kappa shape index (κ2) is 5.77. The number of anilines is 1. The maximum absolute atomic E-state index is 11.9. The maximum Gasteiger partial charge on any atom is 0.242 e. The normalized spacial score (nSPS) is 11.2. The van der Waals surface area contributed by atoms with Crippen molar-refractivity contribution in [3.8, 4) is 0 Å². The number of sulfonamides is 1. The van der Waals surface area contributed by atoms with Crippen LogP contribution in [0.1, 0.15) is 5.69 Å². The highest BCUT2D eigenvalue weighted by atomic mass is 32.2. The lowest BCUT2D eigenvalue weighted by atomic mass is 10.3. The maximum atomic E-state index is 11.9. The number of nitrogens with zero attached hydrogens (tertiary/aromatic N) is 2. The van der Waals surface area contributed by atoms with Crippen LogP contribution >= 0.6 is 0 Å². The number of nitrogens with one attached hydrogen (secondary N) is 2. The molecule has 0 unspecified atom stereocenters. The van der Waals surface area contributed by atoms with Crippen LogP contribution in [0.3, 0.4) is 0 Å². The Morgan fingerprint density at radius 3 is 2.68 bits per heavy atom. The minimum Gasteiger partial charge on any atom is -0.378 e. The number of hydrogen-bond acceptors (Lipinski definition) is 5. The van der Waals surface area contributed by atoms with Crippen molar-refractivity contribution in [1.29, 1.82) is 0 Å². The molecule has 19 heavy (non-hydrogen) atoms. The first-order valence-corrected chi connectivity index (χ1v) is 7.13. The van der Waals surface area contributed by atoms with E-state index in [-0.39, 0.29) is 4.90 Å². The van der Waals surface area contributed by atoms with Crippen molar-refractivity contribution in [3.63, 3.8) is 0 Å². The Hall–Kier alpha value is -1.99. The Balaban J connectivity index is 2.22. The average molecular weight is 278 g/mol. The van der Waals surface area contributed by atoms with Gasteiger partial charge in [-0.3, -0.25) is 0 Å². The molecule has 100 valence electrons. The van der Waals surface area contributed by atoms with E-state index in [0.29, 0.717) is 12.2 Å². The van der Waals surface area contributed by atoms with Gasteiger partial charge in [-0.1, -0.05) is 12.1 Å². The summed E-state index contributed by atoms with van der Waals surface area (Å²) in [6.45, 7) is 0.429. The molecule has 1 heterocycles. The molecular weight excluding hydrogens is 264 g/mol. The third kappa shape index (κ3) is 3.27. The molecule has 1 aromatic heterocycles. The fourth-order valence-electron chi connectivity index (χ4n) is 1.57. The van der Waals surface area contributed by atoms with Crippen molar-refractivity contribution < 1.29 is 8.42 Å². The molecule has 2 aromatic rings. The van der Waals surface area contributed by atoms with Crippen molar-refractivity contribution in [2.75, 3.05) is 12.4 Å². The molecule has 0 fully saturated rings. The van der Waals surface area contributed by atoms with E-state index in [2.05, 4.69) is 20.0 Å². The van der Waals surface area contributed by atoms with Gasteiger partial charge >= 0.3 is 0 Å². The summed E-state index contributed by atoms with van der Waals surface area (Å²) in [6.07, 6.45) is 3.09. The Morgan fingerprint density at radius 2 is 2.00 bits per heavy atom. The molecule has 0 amide bonds. The molecule has 0 atom stereocenters. The van der Waals surface area contributed by atoms with Gasteiger partial charge in [0.15, 0.2) is 0 Å². The zero-order valence-electron chi connectivity index (χ0n) is 10.4. The van der Waals surface area contributed by atoms with E-state index in [4.69, 9.17) is 0 Å². The molecule has 0 saturated heterocycles. The zero-order chi connectivity index (χ0) is 13.7. The fourth-order valence-corrected chi connectivity index (χ4v) is 2.47. The first-order valence-electron chi connectivity index (χ1n) is 5.65. The van der Waals surface area contributed by atoms with Gasteiger partial charge in [0.2, 0.25) is 10.0 Å². The standard InChI is InChI=1S/C12H14N4O2S/c1-13-19(17,18)12-5-3-2-4-11(12)15-8-10-6-7-14-9-16-10/h2-7,9,13,15H,8H2,1H3. The van der Waals surface area contributed by atoms with Crippen molar-refractivity contribution in [2.45, 2.75) is 11.4 Å². The summed E-state index contributed by atoms with van der Waals surface area (Å²) in [5.41, 5.74) is 1.32. The Morgan fingerprint density at radius 1 is 1.21 bits per heavy atom. The van der Waals surface area contributed by atoms with Gasteiger partial charge in [0.25, 0.3) is 0 Å². The van der Waals surface area contributed by atoms with Crippen LogP contribution < -0.4 is 10.0 Å². The molecule has 6 nitrogen and oxygen atoms in total. The summed E-state index contributed by atoms with van der Waals surface area (Å²) in [7, 11) is -2.09. The van der Waals surface area contributed by atoms with Crippen LogP contribution in [0.2, 0.25) is 0 Å². The minimum atomic E-state index is -3.48. The Bertz CT molecular complexity index is 644. The van der Waals surface area contributed by atoms with Crippen molar-refractivity contribution in [1.82, 2.24) is 14.7 Å². The van der Waals surface area contributed by atoms with Gasteiger partial charge < -0.3 is 5.32 Å². The predicted octanol–water partition coefficient (Wildman–Crippen LogP) is 0.997. The van der Waals surface area contributed by atoms with Gasteiger partial charge in [-0.25, -0.2) is 23.1 Å². The molecule has 1 aromatic carbocycles. The monoisotopic (exact) mass is 278 g/mol. The van der Waals surface area contributed by atoms with E-state index in [1.54, 1.807) is 36.5 Å². The van der Waals surface area contributed by atoms with Gasteiger partial charge in [0.05, 0.1) is 17.9 Å². The largest absolute Gasteiger partial charge is 0.378 e. The topological polar surface area (TPSA) is 84.0 Å². The van der Waals surface area contributed by atoms with Gasteiger partial charge in [-0.15, -0.1) is 0 Å². The van der Waals surface area contributed by atoms with Gasteiger partial charge in [0, 0.05) is 6.20 Å². The summed E-state index contributed by atoms with van der Waals surface area (Å²) in [4.78, 5) is 8.11. The van der Waals surface area contributed by atoms with E-state index in [9.17, 15) is 8.42 Å². The van der Waals surface area contributed by atoms with Crippen molar-refractivity contribution >= 4 is 15.7 Å². The second-order valence-corrected chi connectivity index (χ2v) is 5.61. The average Bonchev–Trinajstić information content (AvgIpc) is 2.46. The van der Waals surface area contributed by atoms with Crippen LogP contribution in [0.15, 0.2) is 47.8 Å². The molecule has 0 spiro atoms. The van der Waals surface area contributed by atoms with E-state index in [0.717, 1.165) is 5.69 Å². The summed E-state index contributed by atoms with van der Waals surface area (Å²) in [5, 5.41) is 3.06. The molecule has 2 N–H and O–H groups in total. The van der Waals surface area contributed by atoms with E-state index < -0.39 is 10.0 Å². The van der Waals surface area contributed by atoms with Crippen molar-refractivity contribution in [2.24, 2.45) is 0 Å². The van der Waals surface area contributed by atoms with Gasteiger partial charge in [0.1, 0.15) is 11.2 Å². The van der Waals surface area contributed by atoms with Crippen LogP contribution in [0.4, 0.5) is 5.69 Å². The molecule has 2 rings (SSSR count). The van der Waals surface area contributed by atoms with Crippen LogP contribution in [0, 0.1) is 0 Å². The fraction of sp³-hybridized carbons (Fsp3) is 0.167. The molecule has 0 aliphatic rings. The minimum absolute atomic E-state index is 0.214. The number of para-hydroxylation sites is 1. The molecule has 0 saturated carbocycles.